The second-order valence-corrected chi connectivity index (χ2v) is 4.58. The van der Waals surface area contributed by atoms with Gasteiger partial charge in [-0.3, -0.25) is 9.59 Å². The fourth-order valence-corrected chi connectivity index (χ4v) is 1.76. The molecular weight excluding hydrogens is 266 g/mol. The van der Waals surface area contributed by atoms with Crippen molar-refractivity contribution < 1.29 is 9.59 Å². The second kappa shape index (κ2) is 6.76. The summed E-state index contributed by atoms with van der Waals surface area (Å²) in [5, 5.41) is 11.5. The normalized spacial score (nSPS) is 13.1. The van der Waals surface area contributed by atoms with Gasteiger partial charge < -0.3 is 11.1 Å². The molecule has 0 aliphatic rings. The molecule has 3 N–H and O–H groups in total. The quantitative estimate of drug-likeness (QED) is 0.854. The van der Waals surface area contributed by atoms with Crippen molar-refractivity contribution >= 4 is 23.4 Å². The molecule has 0 bridgehead atoms. The number of amides is 2. The van der Waals surface area contributed by atoms with Crippen molar-refractivity contribution in [3.8, 4) is 6.07 Å². The molecule has 0 saturated heterocycles. The predicted octanol–water partition coefficient (Wildman–Crippen LogP) is 1.47. The monoisotopic (exact) mass is 279 g/mol. The summed E-state index contributed by atoms with van der Waals surface area (Å²) in [5.41, 5.74) is 5.47. The zero-order chi connectivity index (χ0) is 14.4. The van der Waals surface area contributed by atoms with Gasteiger partial charge in [0.2, 0.25) is 5.91 Å². The number of nitrogens with zero attached hydrogens (tertiary/aromatic N) is 1. The summed E-state index contributed by atoms with van der Waals surface area (Å²) < 4.78 is 0. The average Bonchev–Trinajstić information content (AvgIpc) is 2.37. The van der Waals surface area contributed by atoms with E-state index in [-0.39, 0.29) is 22.9 Å². The van der Waals surface area contributed by atoms with Gasteiger partial charge in [0.05, 0.1) is 16.7 Å². The molecule has 0 fully saturated rings. The number of primary amides is 1. The first-order valence-corrected chi connectivity index (χ1v) is 6.07. The number of benzene rings is 1. The summed E-state index contributed by atoms with van der Waals surface area (Å²) in [5.74, 6) is -1.55. The summed E-state index contributed by atoms with van der Waals surface area (Å²) in [4.78, 5) is 23.2. The lowest BCUT2D eigenvalue weighted by Gasteiger charge is -2.16. The lowest BCUT2D eigenvalue weighted by atomic mass is 10.0. The highest BCUT2D eigenvalue weighted by Gasteiger charge is 2.22. The minimum atomic E-state index is -0.890. The Kier molecular flexibility index (Phi) is 5.34. The number of nitriles is 1. The molecule has 0 aliphatic carbocycles. The highest BCUT2D eigenvalue weighted by atomic mass is 35.5. The van der Waals surface area contributed by atoms with Gasteiger partial charge in [-0.05, 0) is 25.5 Å². The van der Waals surface area contributed by atoms with E-state index in [9.17, 15) is 9.59 Å². The molecule has 2 amide bonds. The fourth-order valence-electron chi connectivity index (χ4n) is 1.53. The Morgan fingerprint density at radius 3 is 2.63 bits per heavy atom. The predicted molar refractivity (Wildman–Crippen MR) is 71.3 cm³/mol. The van der Waals surface area contributed by atoms with E-state index in [0.717, 1.165) is 0 Å². The van der Waals surface area contributed by atoms with E-state index < -0.39 is 17.9 Å². The van der Waals surface area contributed by atoms with E-state index in [1.165, 1.54) is 0 Å². The summed E-state index contributed by atoms with van der Waals surface area (Å²) in [6, 6.07) is 7.58. The molecule has 0 spiro atoms. The molecule has 1 aromatic rings. The van der Waals surface area contributed by atoms with E-state index in [2.05, 4.69) is 5.32 Å². The average molecular weight is 280 g/mol. The van der Waals surface area contributed by atoms with Crippen LogP contribution in [0.2, 0.25) is 5.02 Å². The maximum Gasteiger partial charge on any atom is 0.253 e. The van der Waals surface area contributed by atoms with Crippen LogP contribution in [0.3, 0.4) is 0 Å². The number of nitrogens with two attached hydrogens (primary N) is 1. The van der Waals surface area contributed by atoms with E-state index in [4.69, 9.17) is 22.6 Å². The topological polar surface area (TPSA) is 96.0 Å². The van der Waals surface area contributed by atoms with Crippen molar-refractivity contribution in [3.63, 3.8) is 0 Å². The molecule has 1 rings (SSSR count). The van der Waals surface area contributed by atoms with Gasteiger partial charge in [0.1, 0.15) is 6.04 Å². The van der Waals surface area contributed by atoms with Crippen molar-refractivity contribution in [2.45, 2.75) is 19.4 Å². The lowest BCUT2D eigenvalue weighted by Crippen LogP contribution is -2.45. The Bertz CT molecular complexity index is 525. The van der Waals surface area contributed by atoms with Gasteiger partial charge in [-0.1, -0.05) is 23.7 Å². The van der Waals surface area contributed by atoms with Crippen molar-refractivity contribution in [1.29, 1.82) is 5.26 Å². The Labute approximate surface area is 116 Å². The number of carbonyl (C=O) groups excluding carboxylic acids is 2. The number of rotatable bonds is 5. The Hall–Kier alpha value is -2.06. The number of hydrogen-bond acceptors (Lipinski definition) is 3. The molecule has 0 aliphatic heterocycles. The van der Waals surface area contributed by atoms with Crippen LogP contribution in [0.5, 0.6) is 0 Å². The number of carbonyl (C=O) groups is 2. The molecule has 5 nitrogen and oxygen atoms in total. The van der Waals surface area contributed by atoms with Gasteiger partial charge in [0.15, 0.2) is 0 Å². The Morgan fingerprint density at radius 1 is 1.47 bits per heavy atom. The number of halogens is 1. The molecule has 0 saturated carbocycles. The van der Waals surface area contributed by atoms with Gasteiger partial charge in [-0.25, -0.2) is 0 Å². The van der Waals surface area contributed by atoms with E-state index >= 15 is 0 Å². The Balaban J connectivity index is 2.81. The zero-order valence-corrected chi connectivity index (χ0v) is 11.1. The van der Waals surface area contributed by atoms with Crippen LogP contribution in [-0.2, 0) is 4.79 Å². The molecule has 19 heavy (non-hydrogen) atoms. The van der Waals surface area contributed by atoms with Gasteiger partial charge in [-0.2, -0.15) is 5.26 Å². The van der Waals surface area contributed by atoms with Crippen LogP contribution < -0.4 is 11.1 Å². The van der Waals surface area contributed by atoms with Crippen molar-refractivity contribution in [2.24, 2.45) is 11.7 Å². The maximum atomic E-state index is 12.0. The smallest absolute Gasteiger partial charge is 0.253 e. The first-order chi connectivity index (χ1) is 8.95. The molecule has 0 radical (unpaired) electrons. The van der Waals surface area contributed by atoms with Gasteiger partial charge >= 0.3 is 0 Å². The molecule has 2 atom stereocenters. The number of nitrogens with one attached hydrogen (secondary N) is 1. The van der Waals surface area contributed by atoms with E-state index in [0.29, 0.717) is 0 Å². The van der Waals surface area contributed by atoms with Crippen LogP contribution in [0, 0.1) is 17.2 Å². The third kappa shape index (κ3) is 4.27. The maximum absolute atomic E-state index is 12.0. The summed E-state index contributed by atoms with van der Waals surface area (Å²) in [6.45, 7) is 1.65. The van der Waals surface area contributed by atoms with Crippen molar-refractivity contribution in [3.05, 3.63) is 34.9 Å². The van der Waals surface area contributed by atoms with Gasteiger partial charge in [-0.15, -0.1) is 0 Å². The van der Waals surface area contributed by atoms with Crippen LogP contribution in [-0.4, -0.2) is 17.9 Å². The standard InChI is InChI=1S/C13H14ClN3O2/c1-8(7-15)6-11(12(16)18)17-13(19)9-4-2-3-5-10(9)14/h2-5,8,11H,6H2,1H3,(H2,16,18)(H,17,19)/t8-,11+/m1/s1. The molecule has 0 aromatic heterocycles. The van der Waals surface area contributed by atoms with Crippen LogP contribution in [0.15, 0.2) is 24.3 Å². The molecule has 0 unspecified atom stereocenters. The minimum Gasteiger partial charge on any atom is -0.368 e. The summed E-state index contributed by atoms with van der Waals surface area (Å²) >= 11 is 5.89. The third-order valence-corrected chi connectivity index (χ3v) is 2.91. The van der Waals surface area contributed by atoms with E-state index in [1.54, 1.807) is 31.2 Å². The third-order valence-electron chi connectivity index (χ3n) is 2.58. The molecule has 1 aromatic carbocycles. The van der Waals surface area contributed by atoms with Gasteiger partial charge in [0.25, 0.3) is 5.91 Å². The largest absolute Gasteiger partial charge is 0.368 e. The molecule has 0 heterocycles. The molecule has 100 valence electrons. The highest BCUT2D eigenvalue weighted by molar-refractivity contribution is 6.33. The fraction of sp³-hybridized carbons (Fsp3) is 0.308. The van der Waals surface area contributed by atoms with Crippen LogP contribution in [0.1, 0.15) is 23.7 Å². The summed E-state index contributed by atoms with van der Waals surface area (Å²) in [7, 11) is 0. The van der Waals surface area contributed by atoms with Crippen LogP contribution in [0.4, 0.5) is 0 Å². The van der Waals surface area contributed by atoms with Gasteiger partial charge in [0, 0.05) is 5.92 Å². The van der Waals surface area contributed by atoms with E-state index in [1.807, 2.05) is 6.07 Å². The first-order valence-electron chi connectivity index (χ1n) is 5.70. The number of hydrogen-bond donors (Lipinski definition) is 2. The Morgan fingerprint density at radius 2 is 2.11 bits per heavy atom. The lowest BCUT2D eigenvalue weighted by molar-refractivity contribution is -0.120. The highest BCUT2D eigenvalue weighted by Crippen LogP contribution is 2.15. The SMILES string of the molecule is C[C@@H](C#N)C[C@H](NC(=O)c1ccccc1Cl)C(N)=O. The van der Waals surface area contributed by atoms with Crippen LogP contribution >= 0.6 is 11.6 Å². The zero-order valence-electron chi connectivity index (χ0n) is 10.4. The van der Waals surface area contributed by atoms with Crippen molar-refractivity contribution in [1.82, 2.24) is 5.32 Å². The van der Waals surface area contributed by atoms with Crippen molar-refractivity contribution in [2.75, 3.05) is 0 Å². The second-order valence-electron chi connectivity index (χ2n) is 4.17. The molecular formula is C13H14ClN3O2. The summed E-state index contributed by atoms with van der Waals surface area (Å²) in [6.07, 6.45) is 0.169. The first kappa shape index (κ1) is 15.0. The minimum absolute atomic E-state index is 0.169. The van der Waals surface area contributed by atoms with Crippen LogP contribution in [0.25, 0.3) is 0 Å². The molecule has 6 heteroatoms.